The number of aliphatic hydroxyl groups is 1. The molecule has 1 atom stereocenters. The van der Waals surface area contributed by atoms with Gasteiger partial charge in [0.25, 0.3) is 0 Å². The van der Waals surface area contributed by atoms with Crippen molar-refractivity contribution in [1.82, 2.24) is 4.72 Å². The van der Waals surface area contributed by atoms with Gasteiger partial charge in [-0.3, -0.25) is 0 Å². The molecule has 0 fully saturated rings. The van der Waals surface area contributed by atoms with Crippen LogP contribution in [0.2, 0.25) is 0 Å². The number of aryl methyl sites for hydroxylation is 4. The second-order valence-corrected chi connectivity index (χ2v) is 9.16. The summed E-state index contributed by atoms with van der Waals surface area (Å²) >= 11 is 0. The minimum atomic E-state index is -3.73. The highest BCUT2D eigenvalue weighted by atomic mass is 32.2. The molecule has 0 aromatic heterocycles. The van der Waals surface area contributed by atoms with Crippen molar-refractivity contribution in [3.63, 3.8) is 0 Å². The van der Waals surface area contributed by atoms with E-state index in [1.54, 1.807) is 27.0 Å². The molecule has 2 N–H and O–H groups in total. The third kappa shape index (κ3) is 3.88. The van der Waals surface area contributed by atoms with Crippen LogP contribution in [0.3, 0.4) is 0 Å². The molecular formula is C21H27NO4S. The van der Waals surface area contributed by atoms with Gasteiger partial charge in [-0.25, -0.2) is 13.1 Å². The van der Waals surface area contributed by atoms with Crippen LogP contribution in [0.15, 0.2) is 35.2 Å². The maximum Gasteiger partial charge on any atom is 0.241 e. The lowest BCUT2D eigenvalue weighted by molar-refractivity contribution is 0.0242. The highest BCUT2D eigenvalue weighted by Gasteiger charge is 2.36. The molecule has 1 unspecified atom stereocenters. The zero-order chi connectivity index (χ0) is 19.8. The van der Waals surface area contributed by atoms with Crippen LogP contribution in [-0.4, -0.2) is 27.2 Å². The van der Waals surface area contributed by atoms with Crippen LogP contribution < -0.4 is 9.46 Å². The molecule has 0 radical (unpaired) electrons. The molecule has 27 heavy (non-hydrogen) atoms. The molecule has 0 spiro atoms. The zero-order valence-electron chi connectivity index (χ0n) is 16.3. The van der Waals surface area contributed by atoms with Gasteiger partial charge in [0.05, 0.1) is 12.0 Å². The van der Waals surface area contributed by atoms with Crippen LogP contribution in [0.5, 0.6) is 5.75 Å². The lowest BCUT2D eigenvalue weighted by atomic mass is 9.79. The Morgan fingerprint density at radius 2 is 1.81 bits per heavy atom. The van der Waals surface area contributed by atoms with Crippen LogP contribution in [0.25, 0.3) is 0 Å². The fraction of sp³-hybridized carbons (Fsp3) is 0.429. The highest BCUT2D eigenvalue weighted by molar-refractivity contribution is 7.89. The van der Waals surface area contributed by atoms with E-state index in [0.717, 1.165) is 35.3 Å². The summed E-state index contributed by atoms with van der Waals surface area (Å²) in [5, 5.41) is 11.2. The van der Waals surface area contributed by atoms with Crippen molar-refractivity contribution in [2.75, 3.05) is 13.7 Å². The molecule has 5 nitrogen and oxygen atoms in total. The number of methoxy groups -OCH3 is 1. The van der Waals surface area contributed by atoms with Crippen LogP contribution in [0.1, 0.15) is 40.7 Å². The first-order valence-corrected chi connectivity index (χ1v) is 10.6. The summed E-state index contributed by atoms with van der Waals surface area (Å²) in [5.41, 5.74) is 3.00. The normalized spacial score (nSPS) is 19.6. The van der Waals surface area contributed by atoms with E-state index in [-0.39, 0.29) is 6.54 Å². The number of rotatable bonds is 5. The molecule has 0 saturated heterocycles. The molecule has 0 amide bonds. The smallest absolute Gasteiger partial charge is 0.241 e. The molecule has 0 heterocycles. The van der Waals surface area contributed by atoms with E-state index in [0.29, 0.717) is 22.4 Å². The minimum absolute atomic E-state index is 0.0541. The maximum atomic E-state index is 12.9. The molecule has 1 aliphatic carbocycles. The molecule has 0 bridgehead atoms. The van der Waals surface area contributed by atoms with Crippen molar-refractivity contribution >= 4 is 10.0 Å². The summed E-state index contributed by atoms with van der Waals surface area (Å²) in [6.45, 7) is 5.48. The monoisotopic (exact) mass is 389 g/mol. The average molecular weight is 390 g/mol. The van der Waals surface area contributed by atoms with E-state index in [9.17, 15) is 13.5 Å². The van der Waals surface area contributed by atoms with Gasteiger partial charge >= 0.3 is 0 Å². The lowest BCUT2D eigenvalue weighted by Crippen LogP contribution is -2.43. The predicted octanol–water partition coefficient (Wildman–Crippen LogP) is 3.12. The third-order valence-electron chi connectivity index (χ3n) is 5.28. The van der Waals surface area contributed by atoms with Gasteiger partial charge in [-0.1, -0.05) is 23.8 Å². The Kier molecular flexibility index (Phi) is 5.34. The standard InChI is InChI=1S/C21H27NO4S/c1-14-10-15(2)20(16(3)11-14)27(24,25)22-13-21(23)9-5-6-17-12-18(26-4)7-8-19(17)21/h7-8,10-12,22-23H,5-6,9,13H2,1-4H3. The first kappa shape index (κ1) is 19.9. The molecule has 146 valence electrons. The molecule has 0 aliphatic heterocycles. The maximum absolute atomic E-state index is 12.9. The second-order valence-electron chi connectivity index (χ2n) is 7.46. The molecular weight excluding hydrogens is 362 g/mol. The Hall–Kier alpha value is -1.89. The molecule has 2 aromatic carbocycles. The molecule has 2 aromatic rings. The van der Waals surface area contributed by atoms with E-state index in [4.69, 9.17) is 4.74 Å². The molecule has 1 aliphatic rings. The van der Waals surface area contributed by atoms with Crippen molar-refractivity contribution in [3.05, 3.63) is 58.1 Å². The molecule has 3 rings (SSSR count). The van der Waals surface area contributed by atoms with Crippen LogP contribution >= 0.6 is 0 Å². The van der Waals surface area contributed by atoms with E-state index < -0.39 is 15.6 Å². The fourth-order valence-electron chi connectivity index (χ4n) is 4.12. The zero-order valence-corrected chi connectivity index (χ0v) is 17.1. The van der Waals surface area contributed by atoms with Gasteiger partial charge in [0, 0.05) is 6.54 Å². The molecule has 6 heteroatoms. The van der Waals surface area contributed by atoms with Crippen LogP contribution in [0.4, 0.5) is 0 Å². The molecule has 0 saturated carbocycles. The summed E-state index contributed by atoms with van der Waals surface area (Å²) in [6.07, 6.45) is 2.15. The SMILES string of the molecule is COc1ccc2c(c1)CCCC2(O)CNS(=O)(=O)c1c(C)cc(C)cc1C. The third-order valence-corrected chi connectivity index (χ3v) is 6.98. The van der Waals surface area contributed by atoms with Crippen LogP contribution in [-0.2, 0) is 22.0 Å². The highest BCUT2D eigenvalue weighted by Crippen LogP contribution is 2.37. The number of ether oxygens (including phenoxy) is 1. The van der Waals surface area contributed by atoms with Crippen molar-refractivity contribution in [2.45, 2.75) is 50.5 Å². The number of hydrogen-bond acceptors (Lipinski definition) is 4. The number of benzene rings is 2. The summed E-state index contributed by atoms with van der Waals surface area (Å²) in [6, 6.07) is 9.28. The summed E-state index contributed by atoms with van der Waals surface area (Å²) in [4.78, 5) is 0.294. The van der Waals surface area contributed by atoms with Gasteiger partial charge < -0.3 is 9.84 Å². The van der Waals surface area contributed by atoms with Crippen molar-refractivity contribution in [3.8, 4) is 5.75 Å². The van der Waals surface area contributed by atoms with Crippen molar-refractivity contribution in [1.29, 1.82) is 0 Å². The Morgan fingerprint density at radius 1 is 1.15 bits per heavy atom. The topological polar surface area (TPSA) is 75.6 Å². The van der Waals surface area contributed by atoms with Gasteiger partial charge in [0.15, 0.2) is 0 Å². The number of hydrogen-bond donors (Lipinski definition) is 2. The van der Waals surface area contributed by atoms with Crippen molar-refractivity contribution in [2.24, 2.45) is 0 Å². The van der Waals surface area contributed by atoms with Crippen LogP contribution in [0, 0.1) is 20.8 Å². The van der Waals surface area contributed by atoms with E-state index >= 15 is 0 Å². The lowest BCUT2D eigenvalue weighted by Gasteiger charge is -2.35. The van der Waals surface area contributed by atoms with Crippen molar-refractivity contribution < 1.29 is 18.3 Å². The first-order valence-electron chi connectivity index (χ1n) is 9.13. The largest absolute Gasteiger partial charge is 0.497 e. The van der Waals surface area contributed by atoms with Gasteiger partial charge in [-0.15, -0.1) is 0 Å². The summed E-state index contributed by atoms with van der Waals surface area (Å²) < 4.78 is 33.8. The number of fused-ring (bicyclic) bond motifs is 1. The predicted molar refractivity (Wildman–Crippen MR) is 106 cm³/mol. The summed E-state index contributed by atoms with van der Waals surface area (Å²) in [7, 11) is -2.12. The minimum Gasteiger partial charge on any atom is -0.497 e. The van der Waals surface area contributed by atoms with Gasteiger partial charge in [0.2, 0.25) is 10.0 Å². The van der Waals surface area contributed by atoms with E-state index in [1.807, 2.05) is 31.2 Å². The average Bonchev–Trinajstić information content (AvgIpc) is 2.59. The Balaban J connectivity index is 1.89. The van der Waals surface area contributed by atoms with Gasteiger partial charge in [-0.05, 0) is 74.4 Å². The quantitative estimate of drug-likeness (QED) is 0.824. The Labute approximate surface area is 161 Å². The number of sulfonamides is 1. The second kappa shape index (κ2) is 7.26. The van der Waals surface area contributed by atoms with E-state index in [2.05, 4.69) is 4.72 Å². The van der Waals surface area contributed by atoms with Gasteiger partial charge in [0.1, 0.15) is 11.4 Å². The van der Waals surface area contributed by atoms with Gasteiger partial charge in [-0.2, -0.15) is 0 Å². The summed E-state index contributed by atoms with van der Waals surface area (Å²) in [5.74, 6) is 0.740. The fourth-order valence-corrected chi connectivity index (χ4v) is 5.66. The Bertz CT molecular complexity index is 945. The van der Waals surface area contributed by atoms with E-state index in [1.165, 1.54) is 0 Å². The first-order chi connectivity index (χ1) is 12.7. The number of nitrogens with one attached hydrogen (secondary N) is 1. The Morgan fingerprint density at radius 3 is 2.44 bits per heavy atom.